The van der Waals surface area contributed by atoms with Crippen molar-refractivity contribution < 1.29 is 34.1 Å². The molecule has 0 aliphatic heterocycles. The Hall–Kier alpha value is -2.81. The molecule has 9 heteroatoms. The summed E-state index contributed by atoms with van der Waals surface area (Å²) < 4.78 is 10.2. The zero-order valence-corrected chi connectivity index (χ0v) is 17.0. The van der Waals surface area contributed by atoms with Gasteiger partial charge in [-0.1, -0.05) is 30.3 Å². The van der Waals surface area contributed by atoms with Crippen LogP contribution in [-0.2, 0) is 20.9 Å². The summed E-state index contributed by atoms with van der Waals surface area (Å²) in [6.07, 6.45) is -1.94. The number of amides is 2. The molecular weight excluding hydrogens is 380 g/mol. The number of aliphatic carboxylic acids is 1. The van der Waals surface area contributed by atoms with E-state index < -0.39 is 35.9 Å². The molecule has 0 radical (unpaired) electrons. The summed E-state index contributed by atoms with van der Waals surface area (Å²) in [7, 11) is 0. The normalized spacial score (nSPS) is 13.1. The van der Waals surface area contributed by atoms with E-state index in [4.69, 9.17) is 14.6 Å². The molecule has 0 aliphatic carbocycles. The number of hydrogen-bond donors (Lipinski definition) is 4. The molecule has 0 spiro atoms. The second-order valence-electron chi connectivity index (χ2n) is 7.52. The van der Waals surface area contributed by atoms with Gasteiger partial charge in [-0.15, -0.1) is 0 Å². The molecular formula is C20H30N2O7. The third-order valence-electron chi connectivity index (χ3n) is 3.76. The first-order valence-electron chi connectivity index (χ1n) is 9.43. The number of aliphatic hydroxyl groups excluding tert-OH is 1. The number of alkyl carbamates (subject to hydrolysis) is 2. The summed E-state index contributed by atoms with van der Waals surface area (Å²) in [5, 5.41) is 23.9. The number of benzene rings is 1. The van der Waals surface area contributed by atoms with Gasteiger partial charge in [0.1, 0.15) is 12.2 Å². The van der Waals surface area contributed by atoms with Crippen molar-refractivity contribution in [1.82, 2.24) is 10.6 Å². The summed E-state index contributed by atoms with van der Waals surface area (Å²) in [5.74, 6) is -1.44. The second kappa shape index (κ2) is 11.9. The van der Waals surface area contributed by atoms with Gasteiger partial charge in [0.15, 0.2) is 6.10 Å². The molecule has 2 amide bonds. The zero-order valence-electron chi connectivity index (χ0n) is 17.0. The number of unbranched alkanes of at least 4 members (excludes halogenated alkanes) is 1. The number of carboxylic acids is 1. The zero-order chi connectivity index (χ0) is 21.9. The van der Waals surface area contributed by atoms with Crippen LogP contribution >= 0.6 is 0 Å². The molecule has 2 atom stereocenters. The molecule has 0 fully saturated rings. The Labute approximate surface area is 170 Å². The fraction of sp³-hybridized carbons (Fsp3) is 0.550. The van der Waals surface area contributed by atoms with Crippen LogP contribution in [0.5, 0.6) is 0 Å². The van der Waals surface area contributed by atoms with Crippen molar-refractivity contribution in [3.63, 3.8) is 0 Å². The van der Waals surface area contributed by atoms with Crippen molar-refractivity contribution in [2.45, 2.75) is 64.4 Å². The summed E-state index contributed by atoms with van der Waals surface area (Å²) >= 11 is 0. The molecule has 0 heterocycles. The maximum Gasteiger partial charge on any atom is 0.407 e. The molecule has 0 aliphatic rings. The third kappa shape index (κ3) is 10.9. The van der Waals surface area contributed by atoms with Crippen LogP contribution in [0.2, 0.25) is 0 Å². The molecule has 0 aromatic heterocycles. The van der Waals surface area contributed by atoms with Crippen molar-refractivity contribution in [2.75, 3.05) is 6.54 Å². The van der Waals surface area contributed by atoms with Crippen LogP contribution in [0, 0.1) is 0 Å². The molecule has 9 nitrogen and oxygen atoms in total. The highest BCUT2D eigenvalue weighted by atomic mass is 16.6. The highest BCUT2D eigenvalue weighted by molar-refractivity contribution is 5.75. The van der Waals surface area contributed by atoms with Crippen LogP contribution in [0.1, 0.15) is 45.6 Å². The van der Waals surface area contributed by atoms with Crippen LogP contribution in [0.3, 0.4) is 0 Å². The maximum absolute atomic E-state index is 12.0. The SMILES string of the molecule is CC(C)(C)OC(=O)NCCCCC(NC(=O)OCc1ccccc1)C(O)C(=O)O. The van der Waals surface area contributed by atoms with Gasteiger partial charge in [-0.3, -0.25) is 0 Å². The minimum Gasteiger partial charge on any atom is -0.479 e. The number of nitrogens with one attached hydrogen (secondary N) is 2. The van der Waals surface area contributed by atoms with Crippen LogP contribution in [0.15, 0.2) is 30.3 Å². The Morgan fingerprint density at radius 1 is 1.07 bits per heavy atom. The minimum atomic E-state index is -1.77. The predicted octanol–water partition coefficient (Wildman–Crippen LogP) is 2.42. The first kappa shape index (κ1) is 24.2. The fourth-order valence-corrected chi connectivity index (χ4v) is 2.39. The summed E-state index contributed by atoms with van der Waals surface area (Å²) in [4.78, 5) is 34.6. The lowest BCUT2D eigenvalue weighted by atomic mass is 10.0. The van der Waals surface area contributed by atoms with Crippen molar-refractivity contribution >= 4 is 18.2 Å². The largest absolute Gasteiger partial charge is 0.479 e. The quantitative estimate of drug-likeness (QED) is 0.435. The van der Waals surface area contributed by atoms with Gasteiger partial charge >= 0.3 is 18.2 Å². The lowest BCUT2D eigenvalue weighted by Crippen LogP contribution is -2.47. The Morgan fingerprint density at radius 3 is 2.31 bits per heavy atom. The molecule has 4 N–H and O–H groups in total. The standard InChI is InChI=1S/C20H30N2O7/c1-20(2,3)29-18(26)21-12-8-7-11-15(16(23)17(24)25)22-19(27)28-13-14-9-5-4-6-10-14/h4-6,9-10,15-16,23H,7-8,11-13H2,1-3H3,(H,21,26)(H,22,27)(H,24,25). The highest BCUT2D eigenvalue weighted by Crippen LogP contribution is 2.09. The molecule has 29 heavy (non-hydrogen) atoms. The number of aliphatic hydroxyl groups is 1. The number of rotatable bonds is 10. The molecule has 0 bridgehead atoms. The van der Waals surface area contributed by atoms with E-state index in [9.17, 15) is 19.5 Å². The molecule has 0 saturated heterocycles. The van der Waals surface area contributed by atoms with Crippen molar-refractivity contribution in [3.05, 3.63) is 35.9 Å². The molecule has 162 valence electrons. The predicted molar refractivity (Wildman–Crippen MR) is 105 cm³/mol. The monoisotopic (exact) mass is 410 g/mol. The van der Waals surface area contributed by atoms with Gasteiger partial charge in [0.05, 0.1) is 6.04 Å². The van der Waals surface area contributed by atoms with Crippen molar-refractivity contribution in [1.29, 1.82) is 0 Å². The molecule has 1 rings (SSSR count). The average molecular weight is 410 g/mol. The molecule has 0 saturated carbocycles. The average Bonchev–Trinajstić information content (AvgIpc) is 2.64. The van der Waals surface area contributed by atoms with Gasteiger partial charge < -0.3 is 30.3 Å². The van der Waals surface area contributed by atoms with E-state index in [1.807, 2.05) is 6.07 Å². The molecule has 1 aromatic carbocycles. The Balaban J connectivity index is 2.40. The lowest BCUT2D eigenvalue weighted by molar-refractivity contribution is -0.148. The second-order valence-corrected chi connectivity index (χ2v) is 7.52. The first-order valence-corrected chi connectivity index (χ1v) is 9.43. The van der Waals surface area contributed by atoms with E-state index >= 15 is 0 Å². The van der Waals surface area contributed by atoms with Gasteiger partial charge in [0.25, 0.3) is 0 Å². The van der Waals surface area contributed by atoms with E-state index in [1.54, 1.807) is 45.0 Å². The maximum atomic E-state index is 12.0. The van der Waals surface area contributed by atoms with Gasteiger partial charge in [-0.2, -0.15) is 0 Å². The van der Waals surface area contributed by atoms with Crippen LogP contribution in [-0.4, -0.2) is 52.7 Å². The summed E-state index contributed by atoms with van der Waals surface area (Å²) in [6.45, 7) is 5.62. The van der Waals surface area contributed by atoms with E-state index in [1.165, 1.54) is 0 Å². The number of carbonyl (C=O) groups is 3. The summed E-state index contributed by atoms with van der Waals surface area (Å²) in [6, 6.07) is 8.00. The number of carboxylic acid groups (broad SMARTS) is 1. The Kier molecular flexibility index (Phi) is 9.94. The van der Waals surface area contributed by atoms with Crippen LogP contribution in [0.25, 0.3) is 0 Å². The fourth-order valence-electron chi connectivity index (χ4n) is 2.39. The molecule has 1 aromatic rings. The summed E-state index contributed by atoms with van der Waals surface area (Å²) in [5.41, 5.74) is 0.191. The van der Waals surface area contributed by atoms with Crippen molar-refractivity contribution in [2.24, 2.45) is 0 Å². The Morgan fingerprint density at radius 2 is 1.72 bits per heavy atom. The highest BCUT2D eigenvalue weighted by Gasteiger charge is 2.27. The topological polar surface area (TPSA) is 134 Å². The minimum absolute atomic E-state index is 0.0301. The van der Waals surface area contributed by atoms with E-state index in [2.05, 4.69) is 10.6 Å². The van der Waals surface area contributed by atoms with Gasteiger partial charge in [-0.25, -0.2) is 14.4 Å². The van der Waals surface area contributed by atoms with Crippen LogP contribution < -0.4 is 10.6 Å². The van der Waals surface area contributed by atoms with Gasteiger partial charge in [0, 0.05) is 6.54 Å². The number of hydrogen-bond acceptors (Lipinski definition) is 6. The van der Waals surface area contributed by atoms with E-state index in [0.29, 0.717) is 19.4 Å². The van der Waals surface area contributed by atoms with Crippen molar-refractivity contribution in [3.8, 4) is 0 Å². The van der Waals surface area contributed by atoms with E-state index in [0.717, 1.165) is 5.56 Å². The van der Waals surface area contributed by atoms with E-state index in [-0.39, 0.29) is 13.0 Å². The van der Waals surface area contributed by atoms with Gasteiger partial charge in [-0.05, 0) is 45.6 Å². The lowest BCUT2D eigenvalue weighted by Gasteiger charge is -2.21. The molecule has 2 unspecified atom stereocenters. The number of carbonyl (C=O) groups excluding carboxylic acids is 2. The van der Waals surface area contributed by atoms with Crippen LogP contribution in [0.4, 0.5) is 9.59 Å². The third-order valence-corrected chi connectivity index (χ3v) is 3.76. The van der Waals surface area contributed by atoms with Gasteiger partial charge in [0.2, 0.25) is 0 Å². The number of ether oxygens (including phenoxy) is 2. The Bertz CT molecular complexity index is 659. The smallest absolute Gasteiger partial charge is 0.407 e. The first-order chi connectivity index (χ1) is 13.6.